The number of halogens is 6. The summed E-state index contributed by atoms with van der Waals surface area (Å²) in [7, 11) is 0. The second-order valence-electron chi connectivity index (χ2n) is 9.04. The molecule has 4 aromatic rings. The largest absolute Gasteiger partial charge is 0.493 e. The molecule has 0 saturated carbocycles. The normalized spacial score (nSPS) is 11.3. The molecule has 0 heterocycles. The predicted molar refractivity (Wildman–Crippen MR) is 137 cm³/mol. The molecule has 194 valence electrons. The molecule has 4 aromatic carbocycles. The lowest BCUT2D eigenvalue weighted by atomic mass is 9.97. The molecule has 37 heavy (non-hydrogen) atoms. The van der Waals surface area contributed by atoms with E-state index in [1.54, 1.807) is 30.3 Å². The van der Waals surface area contributed by atoms with E-state index in [9.17, 15) is 17.6 Å². The second kappa shape index (κ2) is 12.0. The van der Waals surface area contributed by atoms with Crippen LogP contribution >= 0.6 is 11.6 Å². The van der Waals surface area contributed by atoms with Crippen LogP contribution in [-0.4, -0.2) is 6.61 Å². The third kappa shape index (κ3) is 6.42. The van der Waals surface area contributed by atoms with Gasteiger partial charge in [0.1, 0.15) is 39.9 Å². The van der Waals surface area contributed by atoms with Gasteiger partial charge in [-0.2, -0.15) is 0 Å². The summed E-state index contributed by atoms with van der Waals surface area (Å²) >= 11 is 5.52. The highest BCUT2D eigenvalue weighted by molar-refractivity contribution is 6.30. The third-order valence-corrected chi connectivity index (χ3v) is 6.73. The highest BCUT2D eigenvalue weighted by Gasteiger charge is 2.14. The van der Waals surface area contributed by atoms with Gasteiger partial charge in [-0.1, -0.05) is 55.3 Å². The zero-order valence-electron chi connectivity index (χ0n) is 20.3. The number of benzene rings is 4. The Hall–Kier alpha value is -3.12. The van der Waals surface area contributed by atoms with Crippen LogP contribution in [0.5, 0.6) is 5.75 Å². The minimum atomic E-state index is -0.848. The van der Waals surface area contributed by atoms with Gasteiger partial charge in [-0.05, 0) is 66.3 Å². The van der Waals surface area contributed by atoms with Gasteiger partial charge >= 0.3 is 0 Å². The van der Waals surface area contributed by atoms with Crippen molar-refractivity contribution in [1.82, 2.24) is 0 Å². The summed E-state index contributed by atoms with van der Waals surface area (Å²) in [4.78, 5) is 0. The van der Waals surface area contributed by atoms with Crippen molar-refractivity contribution in [3.8, 4) is 5.75 Å². The summed E-state index contributed by atoms with van der Waals surface area (Å²) in [6, 6.07) is 13.3. The maximum absolute atomic E-state index is 15.2. The van der Waals surface area contributed by atoms with E-state index >= 15 is 4.39 Å². The Bertz CT molecular complexity index is 1370. The minimum absolute atomic E-state index is 0.0143. The topological polar surface area (TPSA) is 9.23 Å². The molecular formula is C30H26ClF5O. The summed E-state index contributed by atoms with van der Waals surface area (Å²) in [5.74, 6) is -3.23. The first kappa shape index (κ1) is 26.9. The highest BCUT2D eigenvalue weighted by Crippen LogP contribution is 2.27. The van der Waals surface area contributed by atoms with Crippen molar-refractivity contribution in [2.45, 2.75) is 45.4 Å². The van der Waals surface area contributed by atoms with E-state index < -0.39 is 34.1 Å². The summed E-state index contributed by atoms with van der Waals surface area (Å²) in [5.41, 5.74) is 1.60. The number of rotatable bonds is 10. The first-order valence-corrected chi connectivity index (χ1v) is 12.6. The first-order chi connectivity index (χ1) is 17.8. The van der Waals surface area contributed by atoms with E-state index in [1.165, 1.54) is 12.1 Å². The fourth-order valence-corrected chi connectivity index (χ4v) is 4.38. The molecule has 4 rings (SSSR count). The Kier molecular flexibility index (Phi) is 8.70. The molecule has 0 fully saturated rings. The Balaban J connectivity index is 1.44. The average molecular weight is 533 g/mol. The van der Waals surface area contributed by atoms with Crippen molar-refractivity contribution in [1.29, 1.82) is 0 Å². The van der Waals surface area contributed by atoms with Crippen LogP contribution in [0.25, 0.3) is 10.8 Å². The van der Waals surface area contributed by atoms with E-state index in [1.807, 2.05) is 6.92 Å². The zero-order valence-corrected chi connectivity index (χ0v) is 21.1. The number of hydrogen-bond acceptors (Lipinski definition) is 1. The minimum Gasteiger partial charge on any atom is -0.493 e. The summed E-state index contributed by atoms with van der Waals surface area (Å²) in [6.45, 7) is 2.41. The number of fused-ring (bicyclic) bond motifs is 1. The highest BCUT2D eigenvalue weighted by atomic mass is 35.5. The van der Waals surface area contributed by atoms with E-state index in [4.69, 9.17) is 16.3 Å². The fraction of sp³-hybridized carbons (Fsp3) is 0.267. The molecule has 0 N–H and O–H groups in total. The third-order valence-electron chi connectivity index (χ3n) is 6.37. The van der Waals surface area contributed by atoms with Crippen LogP contribution in [0.2, 0.25) is 5.02 Å². The molecule has 0 aliphatic heterocycles. The van der Waals surface area contributed by atoms with Crippen LogP contribution in [0.1, 0.15) is 42.0 Å². The van der Waals surface area contributed by atoms with Crippen molar-refractivity contribution in [2.24, 2.45) is 0 Å². The molecule has 0 saturated heterocycles. The van der Waals surface area contributed by atoms with Crippen LogP contribution in [0.4, 0.5) is 22.0 Å². The summed E-state index contributed by atoms with van der Waals surface area (Å²) in [5, 5.41) is 0.499. The van der Waals surface area contributed by atoms with Gasteiger partial charge < -0.3 is 4.74 Å². The van der Waals surface area contributed by atoms with Crippen molar-refractivity contribution in [2.75, 3.05) is 6.61 Å². The molecule has 0 spiro atoms. The van der Waals surface area contributed by atoms with Gasteiger partial charge in [0.25, 0.3) is 0 Å². The molecule has 0 aromatic heterocycles. The van der Waals surface area contributed by atoms with Gasteiger partial charge in [0.05, 0.1) is 6.61 Å². The van der Waals surface area contributed by atoms with Gasteiger partial charge in [-0.25, -0.2) is 22.0 Å². The number of hydrogen-bond donors (Lipinski definition) is 0. The maximum atomic E-state index is 15.2. The van der Waals surface area contributed by atoms with E-state index in [2.05, 4.69) is 0 Å². The van der Waals surface area contributed by atoms with E-state index in [-0.39, 0.29) is 30.6 Å². The molecule has 0 aliphatic rings. The Labute approximate surface area is 217 Å². The number of ether oxygens (including phenoxy) is 1. The molecule has 0 unspecified atom stereocenters. The van der Waals surface area contributed by atoms with Crippen LogP contribution < -0.4 is 4.74 Å². The van der Waals surface area contributed by atoms with E-state index in [0.717, 1.165) is 30.5 Å². The second-order valence-corrected chi connectivity index (χ2v) is 9.41. The average Bonchev–Trinajstić information content (AvgIpc) is 2.86. The van der Waals surface area contributed by atoms with Crippen molar-refractivity contribution in [3.63, 3.8) is 0 Å². The maximum Gasteiger partial charge on any atom is 0.145 e. The summed E-state index contributed by atoms with van der Waals surface area (Å²) in [6.07, 6.45) is 2.74. The smallest absolute Gasteiger partial charge is 0.145 e. The SMILES string of the molecule is CCCCOc1cc(F)c(CCc2ccc3c(F)c(CCc4cc(F)c(Cl)c(F)c4)ccc3c2)c(F)c1. The lowest BCUT2D eigenvalue weighted by molar-refractivity contribution is 0.305. The fourth-order valence-electron chi connectivity index (χ4n) is 4.27. The Morgan fingerprint density at radius 3 is 2.05 bits per heavy atom. The van der Waals surface area contributed by atoms with Crippen LogP contribution in [0.3, 0.4) is 0 Å². The Morgan fingerprint density at radius 2 is 1.38 bits per heavy atom. The molecule has 0 amide bonds. The van der Waals surface area contributed by atoms with Crippen molar-refractivity contribution < 1.29 is 26.7 Å². The lowest BCUT2D eigenvalue weighted by Gasteiger charge is -2.11. The van der Waals surface area contributed by atoms with Crippen molar-refractivity contribution >= 4 is 22.4 Å². The van der Waals surface area contributed by atoms with Crippen LogP contribution in [0.15, 0.2) is 54.6 Å². The molecule has 0 atom stereocenters. The number of aryl methyl sites for hydroxylation is 3. The summed E-state index contributed by atoms with van der Waals surface area (Å²) < 4.78 is 77.0. The number of unbranched alkanes of at least 4 members (excludes halogenated alkanes) is 1. The molecule has 7 heteroatoms. The van der Waals surface area contributed by atoms with Crippen molar-refractivity contribution in [3.05, 3.63) is 111 Å². The predicted octanol–water partition coefficient (Wildman–Crippen LogP) is 8.94. The first-order valence-electron chi connectivity index (χ1n) is 12.2. The molecule has 1 nitrogen and oxygen atoms in total. The molecule has 0 bridgehead atoms. The quantitative estimate of drug-likeness (QED) is 0.112. The van der Waals surface area contributed by atoms with Gasteiger partial charge in [-0.3, -0.25) is 0 Å². The Morgan fingerprint density at radius 1 is 0.703 bits per heavy atom. The van der Waals surface area contributed by atoms with Gasteiger partial charge in [0.2, 0.25) is 0 Å². The molecule has 0 aliphatic carbocycles. The lowest BCUT2D eigenvalue weighted by Crippen LogP contribution is -2.03. The van der Waals surface area contributed by atoms with Gasteiger partial charge in [0, 0.05) is 23.1 Å². The van der Waals surface area contributed by atoms with Gasteiger partial charge in [-0.15, -0.1) is 0 Å². The molecular weight excluding hydrogens is 507 g/mol. The van der Waals surface area contributed by atoms with E-state index in [0.29, 0.717) is 34.9 Å². The monoisotopic (exact) mass is 532 g/mol. The standard InChI is InChI=1S/C30H26ClF5O/c1-2-3-12-37-22-16-25(32)24(26(33)17-22)11-6-18-5-10-23-21(13-18)9-8-20(30(23)36)7-4-19-14-27(34)29(31)28(35)15-19/h5,8-10,13-17H,2-4,6-7,11-12H2,1H3. The zero-order chi connectivity index (χ0) is 26.5. The van der Waals surface area contributed by atoms with Gasteiger partial charge in [0.15, 0.2) is 0 Å². The molecule has 0 radical (unpaired) electrons. The van der Waals surface area contributed by atoms with Crippen LogP contribution in [-0.2, 0) is 25.7 Å². The van der Waals surface area contributed by atoms with Crippen LogP contribution in [0, 0.1) is 29.1 Å².